The number of nitrogens with one attached hydrogen (secondary N) is 2. The maximum atomic E-state index is 10.5. The topological polar surface area (TPSA) is 86.8 Å². The van der Waals surface area contributed by atoms with E-state index in [-0.39, 0.29) is 24.0 Å². The number of benzene rings is 1. The summed E-state index contributed by atoms with van der Waals surface area (Å²) in [4.78, 5) is 5.17. The Hall–Kier alpha value is -2.24. The van der Waals surface area contributed by atoms with Crippen LogP contribution in [0, 0.1) is 0 Å². The van der Waals surface area contributed by atoms with Crippen LogP contribution in [0.1, 0.15) is 16.8 Å². The Kier molecular flexibility index (Phi) is 7.40. The first-order valence-electron chi connectivity index (χ1n) is 9.14. The van der Waals surface area contributed by atoms with Gasteiger partial charge in [0.05, 0.1) is 0 Å². The first-order valence-corrected chi connectivity index (χ1v) is 9.96. The second-order valence-corrected chi connectivity index (χ2v) is 7.49. The van der Waals surface area contributed by atoms with Crippen molar-refractivity contribution in [3.05, 3.63) is 65.4 Å². The smallest absolute Gasteiger partial charge is 0.191 e. The number of pyridine rings is 1. The van der Waals surface area contributed by atoms with Gasteiger partial charge in [0.25, 0.3) is 0 Å². The standard InChI is InChI=1S/C20H22N6OS.HI/c1-21-20(22-10-9-19-25-24-18-8-4-5-11-26(18)19)23-13-15(27)17-12-14-6-2-3-7-16(14)28-17;/h2-8,11-12,15,27H,9-10,13H2,1H3,(H2,21,22,23);1H. The average Bonchev–Trinajstić information content (AvgIpc) is 3.34. The SMILES string of the molecule is CN=C(NCCc1nnc2ccccn12)NCC(O)c1cc2ccccc2s1.I. The zero-order chi connectivity index (χ0) is 19.3. The van der Waals surface area contributed by atoms with Gasteiger partial charge in [-0.15, -0.1) is 45.5 Å². The molecule has 0 fully saturated rings. The number of hydrogen-bond acceptors (Lipinski definition) is 5. The van der Waals surface area contributed by atoms with E-state index in [0.29, 0.717) is 25.5 Å². The van der Waals surface area contributed by atoms with Gasteiger partial charge in [0.2, 0.25) is 0 Å². The predicted molar refractivity (Wildman–Crippen MR) is 128 cm³/mol. The molecule has 3 heterocycles. The molecule has 0 saturated heterocycles. The van der Waals surface area contributed by atoms with Crippen LogP contribution in [0.5, 0.6) is 0 Å². The van der Waals surface area contributed by atoms with Crippen LogP contribution in [0.15, 0.2) is 59.7 Å². The quantitative estimate of drug-likeness (QED) is 0.206. The maximum Gasteiger partial charge on any atom is 0.191 e. The number of aromatic nitrogens is 3. The Bertz CT molecular complexity index is 1080. The minimum atomic E-state index is -0.587. The Morgan fingerprint density at radius 2 is 2.00 bits per heavy atom. The van der Waals surface area contributed by atoms with E-state index in [4.69, 9.17) is 0 Å². The molecular weight excluding hydrogens is 499 g/mol. The summed E-state index contributed by atoms with van der Waals surface area (Å²) in [5.41, 5.74) is 0.839. The molecule has 1 unspecified atom stereocenters. The van der Waals surface area contributed by atoms with Gasteiger partial charge in [-0.3, -0.25) is 9.39 Å². The molecule has 3 N–H and O–H groups in total. The van der Waals surface area contributed by atoms with Gasteiger partial charge in [0, 0.05) is 42.3 Å². The highest BCUT2D eigenvalue weighted by atomic mass is 127. The molecule has 4 rings (SSSR count). The van der Waals surface area contributed by atoms with Crippen molar-refractivity contribution < 1.29 is 5.11 Å². The Morgan fingerprint density at radius 3 is 2.83 bits per heavy atom. The van der Waals surface area contributed by atoms with Gasteiger partial charge in [0.1, 0.15) is 11.9 Å². The van der Waals surface area contributed by atoms with E-state index in [1.165, 1.54) is 4.70 Å². The number of rotatable bonds is 6. The van der Waals surface area contributed by atoms with Crippen molar-refractivity contribution in [3.8, 4) is 0 Å². The van der Waals surface area contributed by atoms with Crippen LogP contribution >= 0.6 is 35.3 Å². The molecule has 9 heteroatoms. The summed E-state index contributed by atoms with van der Waals surface area (Å²) in [6.45, 7) is 1.05. The summed E-state index contributed by atoms with van der Waals surface area (Å²) in [5.74, 6) is 1.54. The second-order valence-electron chi connectivity index (χ2n) is 6.38. The van der Waals surface area contributed by atoms with E-state index < -0.39 is 6.10 Å². The third kappa shape index (κ3) is 5.03. The summed E-state index contributed by atoms with van der Waals surface area (Å²) in [7, 11) is 1.72. The zero-order valence-corrected chi connectivity index (χ0v) is 19.1. The van der Waals surface area contributed by atoms with Crippen molar-refractivity contribution in [1.29, 1.82) is 0 Å². The number of aliphatic imine (C=N–C) groups is 1. The zero-order valence-electron chi connectivity index (χ0n) is 15.9. The number of thiophene rings is 1. The van der Waals surface area contributed by atoms with Gasteiger partial charge in [-0.25, -0.2) is 0 Å². The van der Waals surface area contributed by atoms with Crippen LogP contribution in [-0.2, 0) is 6.42 Å². The van der Waals surface area contributed by atoms with Gasteiger partial charge in [-0.05, 0) is 29.7 Å². The highest BCUT2D eigenvalue weighted by molar-refractivity contribution is 14.0. The number of hydrogen-bond donors (Lipinski definition) is 3. The Labute approximate surface area is 189 Å². The fourth-order valence-corrected chi connectivity index (χ4v) is 4.09. The highest BCUT2D eigenvalue weighted by Gasteiger charge is 2.12. The molecule has 7 nitrogen and oxygen atoms in total. The van der Waals surface area contributed by atoms with Crippen LogP contribution in [0.2, 0.25) is 0 Å². The van der Waals surface area contributed by atoms with E-state index in [0.717, 1.165) is 21.7 Å². The molecule has 0 bridgehead atoms. The van der Waals surface area contributed by atoms with Crippen molar-refractivity contribution >= 4 is 57.0 Å². The molecule has 0 aliphatic heterocycles. The van der Waals surface area contributed by atoms with Crippen LogP contribution in [-0.4, -0.2) is 45.8 Å². The van der Waals surface area contributed by atoms with E-state index in [1.54, 1.807) is 18.4 Å². The molecule has 1 aromatic carbocycles. The van der Waals surface area contributed by atoms with E-state index in [9.17, 15) is 5.11 Å². The lowest BCUT2D eigenvalue weighted by Gasteiger charge is -2.14. The average molecular weight is 522 g/mol. The lowest BCUT2D eigenvalue weighted by Crippen LogP contribution is -2.40. The van der Waals surface area contributed by atoms with Gasteiger partial charge in [-0.2, -0.15) is 0 Å². The summed E-state index contributed by atoms with van der Waals surface area (Å²) in [5, 5.41) is 26.5. The third-order valence-corrected chi connectivity index (χ3v) is 5.70. The molecule has 29 heavy (non-hydrogen) atoms. The van der Waals surface area contributed by atoms with Crippen molar-refractivity contribution in [1.82, 2.24) is 25.2 Å². The van der Waals surface area contributed by atoms with Gasteiger partial charge in [-0.1, -0.05) is 24.3 Å². The Morgan fingerprint density at radius 1 is 1.17 bits per heavy atom. The number of guanidine groups is 1. The lowest BCUT2D eigenvalue weighted by atomic mass is 10.2. The molecule has 0 spiro atoms. The lowest BCUT2D eigenvalue weighted by molar-refractivity contribution is 0.184. The molecular formula is C20H23IN6OS. The molecule has 3 aromatic heterocycles. The van der Waals surface area contributed by atoms with Crippen molar-refractivity contribution in [2.75, 3.05) is 20.1 Å². The predicted octanol–water partition coefficient (Wildman–Crippen LogP) is 3.00. The van der Waals surface area contributed by atoms with E-state index in [1.807, 2.05) is 47.0 Å². The van der Waals surface area contributed by atoms with Crippen LogP contribution in [0.25, 0.3) is 15.7 Å². The maximum absolute atomic E-state index is 10.5. The number of nitrogens with zero attached hydrogens (tertiary/aromatic N) is 4. The fourth-order valence-electron chi connectivity index (χ4n) is 3.04. The van der Waals surface area contributed by atoms with Gasteiger partial charge < -0.3 is 15.7 Å². The largest absolute Gasteiger partial charge is 0.386 e. The molecule has 0 amide bonds. The minimum Gasteiger partial charge on any atom is -0.386 e. The molecule has 1 atom stereocenters. The molecule has 4 aromatic rings. The second kappa shape index (κ2) is 9.99. The van der Waals surface area contributed by atoms with E-state index >= 15 is 0 Å². The first kappa shape index (κ1) is 21.5. The van der Waals surface area contributed by atoms with Crippen molar-refractivity contribution in [2.24, 2.45) is 4.99 Å². The van der Waals surface area contributed by atoms with Gasteiger partial charge in [0.15, 0.2) is 11.6 Å². The minimum absolute atomic E-state index is 0. The van der Waals surface area contributed by atoms with Crippen molar-refractivity contribution in [3.63, 3.8) is 0 Å². The summed E-state index contributed by atoms with van der Waals surface area (Å²) >= 11 is 1.61. The number of fused-ring (bicyclic) bond motifs is 2. The summed E-state index contributed by atoms with van der Waals surface area (Å²) < 4.78 is 3.16. The number of halogens is 1. The molecule has 0 aliphatic rings. The van der Waals surface area contributed by atoms with Crippen molar-refractivity contribution in [2.45, 2.75) is 12.5 Å². The van der Waals surface area contributed by atoms with E-state index in [2.05, 4.69) is 38.0 Å². The number of aliphatic hydroxyl groups is 1. The molecule has 0 saturated carbocycles. The third-order valence-electron chi connectivity index (χ3n) is 4.48. The molecule has 152 valence electrons. The number of aliphatic hydroxyl groups excluding tert-OH is 1. The molecule has 0 aliphatic carbocycles. The van der Waals surface area contributed by atoms with Crippen LogP contribution < -0.4 is 10.6 Å². The van der Waals surface area contributed by atoms with Crippen LogP contribution in [0.4, 0.5) is 0 Å². The first-order chi connectivity index (χ1) is 13.7. The normalized spacial score (nSPS) is 12.7. The monoisotopic (exact) mass is 522 g/mol. The fraction of sp³-hybridized carbons (Fsp3) is 0.250. The Balaban J connectivity index is 0.00000240. The highest BCUT2D eigenvalue weighted by Crippen LogP contribution is 2.29. The van der Waals surface area contributed by atoms with Gasteiger partial charge >= 0.3 is 0 Å². The summed E-state index contributed by atoms with van der Waals surface area (Å²) in [6, 6.07) is 16.0. The molecule has 0 radical (unpaired) electrons. The van der Waals surface area contributed by atoms with Crippen LogP contribution in [0.3, 0.4) is 0 Å². The summed E-state index contributed by atoms with van der Waals surface area (Å²) in [6.07, 6.45) is 2.08.